The molecule has 0 aromatic heterocycles. The molecular weight excluding hydrogens is 423 g/mol. The largest absolute Gasteiger partial charge is 0.384 e. The van der Waals surface area contributed by atoms with Crippen molar-refractivity contribution in [2.24, 2.45) is 5.73 Å². The molecule has 1 aliphatic heterocycles. The maximum Gasteiger partial charge on any atom is 0.253 e. The Morgan fingerprint density at radius 1 is 0.929 bits per heavy atom. The van der Waals surface area contributed by atoms with Gasteiger partial charge in [0.05, 0.1) is 14.9 Å². The van der Waals surface area contributed by atoms with Gasteiger partial charge in [-0.05, 0) is 30.3 Å². The van der Waals surface area contributed by atoms with E-state index in [4.69, 9.17) is 34.3 Å². The number of carbonyl (C=O) groups is 1. The van der Waals surface area contributed by atoms with Gasteiger partial charge in [0, 0.05) is 37.3 Å². The van der Waals surface area contributed by atoms with Crippen molar-refractivity contribution in [2.75, 3.05) is 26.2 Å². The Kier molecular flexibility index (Phi) is 5.95. The van der Waals surface area contributed by atoms with E-state index >= 15 is 0 Å². The van der Waals surface area contributed by atoms with E-state index in [0.717, 1.165) is 0 Å². The van der Waals surface area contributed by atoms with Gasteiger partial charge in [0.2, 0.25) is 10.0 Å². The summed E-state index contributed by atoms with van der Waals surface area (Å²) in [6, 6.07) is 10.6. The summed E-state index contributed by atoms with van der Waals surface area (Å²) in [6.07, 6.45) is 0. The third-order valence-corrected chi connectivity index (χ3v) is 7.13. The molecule has 3 N–H and O–H groups in total. The van der Waals surface area contributed by atoms with Crippen LogP contribution in [0.1, 0.15) is 15.9 Å². The number of halogens is 2. The maximum atomic E-state index is 12.8. The van der Waals surface area contributed by atoms with Crippen LogP contribution >= 0.6 is 23.2 Å². The number of nitrogens with zero attached hydrogens (tertiary/aromatic N) is 2. The number of rotatable bonds is 4. The Balaban J connectivity index is 1.68. The molecular formula is C18H18Cl2N4O3S. The number of amides is 1. The number of nitrogens with two attached hydrogens (primary N) is 1. The van der Waals surface area contributed by atoms with Crippen molar-refractivity contribution in [3.8, 4) is 0 Å². The molecule has 1 amide bonds. The fourth-order valence-corrected chi connectivity index (χ4v) is 4.70. The van der Waals surface area contributed by atoms with E-state index in [2.05, 4.69) is 0 Å². The predicted molar refractivity (Wildman–Crippen MR) is 109 cm³/mol. The van der Waals surface area contributed by atoms with Gasteiger partial charge in [-0.15, -0.1) is 0 Å². The van der Waals surface area contributed by atoms with Crippen molar-refractivity contribution in [1.82, 2.24) is 9.21 Å². The van der Waals surface area contributed by atoms with Gasteiger partial charge in [0.15, 0.2) is 0 Å². The number of carbonyl (C=O) groups excluding carboxylic acids is 1. The molecule has 0 spiro atoms. The standard InChI is InChI=1S/C18H18Cl2N4O3S/c19-15-6-5-14(11-16(15)20)28(26,27)24-9-7-23(8-10-24)18(25)13-3-1-12(2-4-13)17(21)22/h1-6,11H,7-10H2,(H3,21,22). The first-order valence-corrected chi connectivity index (χ1v) is 10.6. The van der Waals surface area contributed by atoms with Gasteiger partial charge < -0.3 is 10.6 Å². The topological polar surface area (TPSA) is 108 Å². The summed E-state index contributed by atoms with van der Waals surface area (Å²) < 4.78 is 26.9. The second kappa shape index (κ2) is 8.08. The molecule has 0 bridgehead atoms. The van der Waals surface area contributed by atoms with Gasteiger partial charge in [0.25, 0.3) is 5.91 Å². The zero-order valence-corrected chi connectivity index (χ0v) is 17.1. The predicted octanol–water partition coefficient (Wildman–Crippen LogP) is 2.42. The quantitative estimate of drug-likeness (QED) is 0.561. The van der Waals surface area contributed by atoms with E-state index < -0.39 is 10.0 Å². The molecule has 0 unspecified atom stereocenters. The van der Waals surface area contributed by atoms with Gasteiger partial charge in [-0.3, -0.25) is 10.2 Å². The fraction of sp³-hybridized carbons (Fsp3) is 0.222. The molecule has 1 fully saturated rings. The van der Waals surface area contributed by atoms with Gasteiger partial charge in [0.1, 0.15) is 5.84 Å². The Bertz CT molecular complexity index is 1020. The number of benzene rings is 2. The van der Waals surface area contributed by atoms with Gasteiger partial charge >= 0.3 is 0 Å². The lowest BCUT2D eigenvalue weighted by atomic mass is 10.1. The van der Waals surface area contributed by atoms with Gasteiger partial charge in [-0.2, -0.15) is 4.31 Å². The van der Waals surface area contributed by atoms with Gasteiger partial charge in [-0.25, -0.2) is 8.42 Å². The first-order valence-electron chi connectivity index (χ1n) is 8.39. The summed E-state index contributed by atoms with van der Waals surface area (Å²) in [5, 5.41) is 7.85. The highest BCUT2D eigenvalue weighted by atomic mass is 35.5. The number of nitrogen functional groups attached to an aromatic ring is 1. The molecule has 1 aliphatic rings. The van der Waals surface area contributed by atoms with Crippen molar-refractivity contribution in [3.63, 3.8) is 0 Å². The molecule has 2 aromatic rings. The molecule has 2 aromatic carbocycles. The number of sulfonamides is 1. The average Bonchev–Trinajstić information content (AvgIpc) is 2.69. The highest BCUT2D eigenvalue weighted by Crippen LogP contribution is 2.27. The summed E-state index contributed by atoms with van der Waals surface area (Å²) in [7, 11) is -3.72. The van der Waals surface area contributed by atoms with Crippen LogP contribution in [0.15, 0.2) is 47.4 Å². The lowest BCUT2D eigenvalue weighted by Gasteiger charge is -2.34. The van der Waals surface area contributed by atoms with Crippen LogP contribution < -0.4 is 5.73 Å². The van der Waals surface area contributed by atoms with Crippen LogP contribution in [0.4, 0.5) is 0 Å². The van der Waals surface area contributed by atoms with Crippen LogP contribution in [-0.4, -0.2) is 55.5 Å². The van der Waals surface area contributed by atoms with Crippen molar-refractivity contribution >= 4 is 45.0 Å². The minimum atomic E-state index is -3.72. The third-order valence-electron chi connectivity index (χ3n) is 4.50. The van der Waals surface area contributed by atoms with Crippen LogP contribution in [0.2, 0.25) is 10.0 Å². The molecule has 0 atom stereocenters. The molecule has 7 nitrogen and oxygen atoms in total. The lowest BCUT2D eigenvalue weighted by molar-refractivity contribution is 0.0698. The van der Waals surface area contributed by atoms with Crippen LogP contribution in [0.5, 0.6) is 0 Å². The summed E-state index contributed by atoms with van der Waals surface area (Å²) in [6.45, 7) is 0.904. The molecule has 0 saturated carbocycles. The Hall–Kier alpha value is -2.13. The summed E-state index contributed by atoms with van der Waals surface area (Å²) in [5.74, 6) is -0.262. The Labute approximate surface area is 173 Å². The molecule has 28 heavy (non-hydrogen) atoms. The second-order valence-electron chi connectivity index (χ2n) is 6.26. The fourth-order valence-electron chi connectivity index (χ4n) is 2.89. The normalized spacial score (nSPS) is 15.4. The van der Waals surface area contributed by atoms with Crippen molar-refractivity contribution in [2.45, 2.75) is 4.90 Å². The van der Waals surface area contributed by atoms with E-state index in [1.165, 1.54) is 22.5 Å². The van der Waals surface area contributed by atoms with E-state index in [1.54, 1.807) is 29.2 Å². The zero-order valence-electron chi connectivity index (χ0n) is 14.7. The van der Waals surface area contributed by atoms with Crippen molar-refractivity contribution < 1.29 is 13.2 Å². The van der Waals surface area contributed by atoms with E-state index in [1.807, 2.05) is 0 Å². The second-order valence-corrected chi connectivity index (χ2v) is 9.02. The Morgan fingerprint density at radius 2 is 1.50 bits per heavy atom. The van der Waals surface area contributed by atoms with Crippen LogP contribution in [0.3, 0.4) is 0 Å². The van der Waals surface area contributed by atoms with E-state index in [9.17, 15) is 13.2 Å². The molecule has 1 heterocycles. The minimum absolute atomic E-state index is 0.0693. The van der Waals surface area contributed by atoms with Crippen LogP contribution in [0, 0.1) is 5.41 Å². The molecule has 0 radical (unpaired) electrons. The van der Waals surface area contributed by atoms with E-state index in [-0.39, 0.29) is 52.9 Å². The van der Waals surface area contributed by atoms with Crippen LogP contribution in [0.25, 0.3) is 0 Å². The molecule has 1 saturated heterocycles. The Morgan fingerprint density at radius 3 is 2.04 bits per heavy atom. The average molecular weight is 441 g/mol. The maximum absolute atomic E-state index is 12.8. The SMILES string of the molecule is N=C(N)c1ccc(C(=O)N2CCN(S(=O)(=O)c3ccc(Cl)c(Cl)c3)CC2)cc1. The smallest absolute Gasteiger partial charge is 0.253 e. The number of hydrogen-bond donors (Lipinski definition) is 2. The number of nitrogens with one attached hydrogen (secondary N) is 1. The molecule has 3 rings (SSSR count). The molecule has 10 heteroatoms. The summed E-state index contributed by atoms with van der Waals surface area (Å²) in [5.41, 5.74) is 6.41. The van der Waals surface area contributed by atoms with E-state index in [0.29, 0.717) is 11.1 Å². The van der Waals surface area contributed by atoms with Crippen molar-refractivity contribution in [3.05, 3.63) is 63.6 Å². The molecule has 148 valence electrons. The highest BCUT2D eigenvalue weighted by molar-refractivity contribution is 7.89. The zero-order chi connectivity index (χ0) is 20.5. The number of amidine groups is 1. The number of piperazine rings is 1. The third kappa shape index (κ3) is 4.15. The number of hydrogen-bond acceptors (Lipinski definition) is 4. The van der Waals surface area contributed by atoms with Crippen molar-refractivity contribution in [1.29, 1.82) is 5.41 Å². The lowest BCUT2D eigenvalue weighted by Crippen LogP contribution is -2.50. The first kappa shape index (κ1) is 20.6. The molecule has 0 aliphatic carbocycles. The van der Waals surface area contributed by atoms with Crippen LogP contribution in [-0.2, 0) is 10.0 Å². The highest BCUT2D eigenvalue weighted by Gasteiger charge is 2.30. The van der Waals surface area contributed by atoms with Gasteiger partial charge in [-0.1, -0.05) is 35.3 Å². The summed E-state index contributed by atoms with van der Waals surface area (Å²) in [4.78, 5) is 14.3. The monoisotopic (exact) mass is 440 g/mol. The first-order chi connectivity index (χ1) is 13.2. The minimum Gasteiger partial charge on any atom is -0.384 e. The summed E-state index contributed by atoms with van der Waals surface area (Å²) >= 11 is 11.8.